The van der Waals surface area contributed by atoms with Crippen LogP contribution >= 0.6 is 45.9 Å². The summed E-state index contributed by atoms with van der Waals surface area (Å²) >= 11 is 20.6. The zero-order valence-corrected chi connectivity index (χ0v) is 12.1. The second-order valence-electron chi connectivity index (χ2n) is 3.97. The molecule has 0 unspecified atom stereocenters. The lowest BCUT2D eigenvalue weighted by atomic mass is 10.2. The Bertz CT molecular complexity index is 96.8. The van der Waals surface area contributed by atoms with Crippen LogP contribution in [0.1, 0.15) is 20.8 Å². The molecule has 0 saturated carbocycles. The Labute approximate surface area is 96.2 Å². The topological polar surface area (TPSA) is 0 Å². The summed E-state index contributed by atoms with van der Waals surface area (Å²) in [5, 5.41) is 0.342. The maximum atomic E-state index is 6.15. The summed E-state index contributed by atoms with van der Waals surface area (Å²) in [5.74, 6) is 0. The first kappa shape index (κ1) is 15.8. The van der Waals surface area contributed by atoms with E-state index in [4.69, 9.17) is 45.9 Å². The Morgan fingerprint density at radius 2 is 1.08 bits per heavy atom. The molecule has 76 valence electrons. The molecule has 12 heavy (non-hydrogen) atoms. The van der Waals surface area contributed by atoms with Gasteiger partial charge in [-0.25, -0.2) is 0 Å². The molecule has 0 bridgehead atoms. The average Bonchev–Trinajstić information content (AvgIpc) is 1.55. The third kappa shape index (κ3) is 11.4. The fraction of sp³-hybridized carbons (Fsp3) is 1.00. The third-order valence-electron chi connectivity index (χ3n) is 1.78. The van der Waals surface area contributed by atoms with Gasteiger partial charge in [-0.3, -0.25) is 0 Å². The van der Waals surface area contributed by atoms with Gasteiger partial charge in [0.25, 0.3) is 0 Å². The van der Waals surface area contributed by atoms with E-state index in [9.17, 15) is 0 Å². The van der Waals surface area contributed by atoms with E-state index in [2.05, 4.69) is 33.9 Å². The summed E-state index contributed by atoms with van der Waals surface area (Å²) in [5.41, 5.74) is 0. The zero-order valence-electron chi connectivity index (χ0n) is 8.09. The van der Waals surface area contributed by atoms with E-state index in [1.807, 2.05) is 0 Å². The van der Waals surface area contributed by atoms with Crippen molar-refractivity contribution < 1.29 is 0 Å². The van der Waals surface area contributed by atoms with Crippen LogP contribution in [-0.4, -0.2) is 11.7 Å². The molecule has 5 heteroatoms. The van der Waals surface area contributed by atoms with Gasteiger partial charge in [-0.2, -0.15) is 11.1 Å². The molecule has 0 spiro atoms. The van der Waals surface area contributed by atoms with Gasteiger partial charge in [0, 0.05) is 0 Å². The summed E-state index contributed by atoms with van der Waals surface area (Å²) < 4.78 is -0.750. The first-order valence-corrected chi connectivity index (χ1v) is 8.91. The molecule has 0 radical (unpaired) electrons. The Morgan fingerprint density at radius 1 is 1.00 bits per heavy atom. The molecule has 0 aromatic rings. The molecule has 0 N–H and O–H groups in total. The number of rotatable bonds is 0. The predicted molar refractivity (Wildman–Crippen MR) is 64.4 cm³/mol. The van der Waals surface area contributed by atoms with Crippen LogP contribution in [0.2, 0.25) is 18.1 Å². The van der Waals surface area contributed by atoms with Crippen molar-refractivity contribution in [1.82, 2.24) is 0 Å². The first-order valence-electron chi connectivity index (χ1n) is 3.59. The molecule has 0 atom stereocenters. The highest BCUT2D eigenvalue weighted by atomic mass is 35.6. The number of halogens is 4. The molecular weight excluding hydrogens is 254 g/mol. The van der Waals surface area contributed by atoms with Crippen molar-refractivity contribution in [2.75, 3.05) is 0 Å². The van der Waals surface area contributed by atoms with Crippen LogP contribution < -0.4 is 0 Å². The molecule has 0 nitrogen and oxygen atoms in total. The van der Waals surface area contributed by atoms with Gasteiger partial charge in [0.1, 0.15) is 0 Å². The maximum absolute atomic E-state index is 6.15. The van der Waals surface area contributed by atoms with Crippen molar-refractivity contribution in [3.63, 3.8) is 0 Å². The van der Waals surface area contributed by atoms with Gasteiger partial charge in [-0.1, -0.05) is 68.7 Å². The SMILES string of the molecule is CC(C)(C)[Si](C)(C)Cl.ClC(Cl)Cl. The molecule has 0 fully saturated rings. The Morgan fingerprint density at radius 3 is 1.08 bits per heavy atom. The van der Waals surface area contributed by atoms with E-state index in [-0.39, 0.29) is 0 Å². The Balaban J connectivity index is 0. The van der Waals surface area contributed by atoms with E-state index in [0.29, 0.717) is 5.04 Å². The number of alkyl halides is 3. The van der Waals surface area contributed by atoms with Crippen LogP contribution in [0, 0.1) is 0 Å². The fourth-order valence-electron chi connectivity index (χ4n) is 0. The van der Waals surface area contributed by atoms with Crippen molar-refractivity contribution >= 4 is 53.3 Å². The average molecular weight is 270 g/mol. The molecule has 0 aromatic carbocycles. The third-order valence-corrected chi connectivity index (χ3v) is 7.05. The smallest absolute Gasteiger partial charge is 0.167 e. The number of hydrogen-bond donors (Lipinski definition) is 0. The standard InChI is InChI=1S/C6H15ClSi.CHCl3/c1-6(2,3)8(4,5)7;2-1(3)4/h1-5H3;1H. The first-order chi connectivity index (χ1) is 4.98. The molecule has 0 aliphatic carbocycles. The highest BCUT2D eigenvalue weighted by molar-refractivity contribution is 7.20. The maximum Gasteiger partial charge on any atom is 0.180 e. The van der Waals surface area contributed by atoms with Crippen molar-refractivity contribution in [2.45, 2.75) is 43.2 Å². The lowest BCUT2D eigenvalue weighted by Crippen LogP contribution is -2.29. The van der Waals surface area contributed by atoms with Gasteiger partial charge < -0.3 is 0 Å². The highest BCUT2D eigenvalue weighted by Gasteiger charge is 2.32. The van der Waals surface area contributed by atoms with E-state index in [0.717, 1.165) is 0 Å². The Hall–Kier alpha value is 1.38. The quantitative estimate of drug-likeness (QED) is 0.321. The molecule has 0 rings (SSSR count). The van der Waals surface area contributed by atoms with Gasteiger partial charge in [-0.15, -0.1) is 0 Å². The molecule has 0 aromatic heterocycles. The normalized spacial score (nSPS) is 12.5. The molecule has 0 saturated heterocycles. The van der Waals surface area contributed by atoms with Crippen LogP contribution in [0.4, 0.5) is 0 Å². The minimum absolute atomic E-state index is 0.342. The van der Waals surface area contributed by atoms with Gasteiger partial charge in [-0.05, 0) is 5.04 Å². The van der Waals surface area contributed by atoms with Gasteiger partial charge in [0.05, 0.1) is 0 Å². The van der Waals surface area contributed by atoms with Crippen molar-refractivity contribution in [1.29, 1.82) is 0 Å². The lowest BCUT2D eigenvalue weighted by molar-refractivity contribution is 0.735. The molecular formula is C7H16Cl4Si. The minimum Gasteiger partial charge on any atom is -0.167 e. The molecule has 0 aliphatic heterocycles. The van der Waals surface area contributed by atoms with Gasteiger partial charge in [0.2, 0.25) is 0 Å². The van der Waals surface area contributed by atoms with Crippen LogP contribution in [0.5, 0.6) is 0 Å². The second kappa shape index (κ2) is 5.97. The molecule has 0 aliphatic rings. The lowest BCUT2D eigenvalue weighted by Gasteiger charge is -2.29. The van der Waals surface area contributed by atoms with Gasteiger partial charge in [0.15, 0.2) is 11.7 Å². The summed E-state index contributed by atoms with van der Waals surface area (Å²) in [6.45, 7) is 11.0. The fourth-order valence-corrected chi connectivity index (χ4v) is 0. The summed E-state index contributed by atoms with van der Waals surface area (Å²) in [6, 6.07) is 0. The summed E-state index contributed by atoms with van der Waals surface area (Å²) in [7, 11) is -1.39. The van der Waals surface area contributed by atoms with Gasteiger partial charge >= 0.3 is 0 Å². The van der Waals surface area contributed by atoms with E-state index in [1.54, 1.807) is 0 Å². The van der Waals surface area contributed by atoms with Crippen LogP contribution in [0.25, 0.3) is 0 Å². The Kier molecular flexibility index (Phi) is 7.88. The highest BCUT2D eigenvalue weighted by Crippen LogP contribution is 2.38. The molecule has 0 amide bonds. The van der Waals surface area contributed by atoms with Crippen LogP contribution in [-0.2, 0) is 0 Å². The van der Waals surface area contributed by atoms with Crippen molar-refractivity contribution in [3.8, 4) is 0 Å². The van der Waals surface area contributed by atoms with Crippen molar-refractivity contribution in [3.05, 3.63) is 0 Å². The zero-order chi connectivity index (χ0) is 10.6. The summed E-state index contributed by atoms with van der Waals surface area (Å²) in [6.07, 6.45) is 0. The summed E-state index contributed by atoms with van der Waals surface area (Å²) in [4.78, 5) is 0. The van der Waals surface area contributed by atoms with Crippen molar-refractivity contribution in [2.24, 2.45) is 0 Å². The van der Waals surface area contributed by atoms with E-state index < -0.39 is 11.7 Å². The predicted octanol–water partition coefficient (Wildman–Crippen LogP) is 5.22. The van der Waals surface area contributed by atoms with E-state index >= 15 is 0 Å². The van der Waals surface area contributed by atoms with Crippen LogP contribution in [0.3, 0.4) is 0 Å². The number of hydrogen-bond acceptors (Lipinski definition) is 0. The second-order valence-corrected chi connectivity index (χ2v) is 13.2. The molecule has 0 heterocycles. The largest absolute Gasteiger partial charge is 0.180 e. The monoisotopic (exact) mass is 268 g/mol. The van der Waals surface area contributed by atoms with Crippen LogP contribution in [0.15, 0.2) is 0 Å². The minimum atomic E-state index is -1.39. The van der Waals surface area contributed by atoms with E-state index in [1.165, 1.54) is 0 Å².